The first kappa shape index (κ1) is 20.8. The van der Waals surface area contributed by atoms with Crippen LogP contribution in [0.4, 0.5) is 0 Å². The molecule has 1 aromatic heterocycles. The number of nitriles is 1. The largest absolute Gasteiger partial charge is 0.336 e. The fourth-order valence-corrected chi connectivity index (χ4v) is 4.01. The van der Waals surface area contributed by atoms with Crippen molar-refractivity contribution in [3.63, 3.8) is 0 Å². The molecule has 2 heterocycles. The smallest absolute Gasteiger partial charge is 0.274 e. The number of likely N-dealkylation sites (N-methyl/N-ethyl adjacent to an activating group) is 1. The van der Waals surface area contributed by atoms with E-state index in [1.54, 1.807) is 12.1 Å². The Kier molecular flexibility index (Phi) is 5.88. The highest BCUT2D eigenvalue weighted by molar-refractivity contribution is 5.93. The van der Waals surface area contributed by atoms with E-state index in [0.29, 0.717) is 17.3 Å². The van der Waals surface area contributed by atoms with Crippen LogP contribution in [0.5, 0.6) is 0 Å². The molecule has 0 bridgehead atoms. The zero-order valence-corrected chi connectivity index (χ0v) is 18.2. The van der Waals surface area contributed by atoms with Gasteiger partial charge in [-0.1, -0.05) is 29.8 Å². The summed E-state index contributed by atoms with van der Waals surface area (Å²) < 4.78 is 1.82. The van der Waals surface area contributed by atoms with Gasteiger partial charge < -0.3 is 9.80 Å². The summed E-state index contributed by atoms with van der Waals surface area (Å²) in [7, 11) is 4.13. The average molecular weight is 414 g/mol. The molecule has 4 rings (SSSR count). The Bertz CT molecular complexity index is 1110. The van der Waals surface area contributed by atoms with E-state index in [2.05, 4.69) is 25.1 Å². The molecule has 1 amide bonds. The van der Waals surface area contributed by atoms with Gasteiger partial charge in [0.05, 0.1) is 23.0 Å². The van der Waals surface area contributed by atoms with E-state index >= 15 is 0 Å². The highest BCUT2D eigenvalue weighted by Gasteiger charge is 2.28. The molecule has 0 saturated carbocycles. The minimum absolute atomic E-state index is 0.0349. The maximum Gasteiger partial charge on any atom is 0.274 e. The van der Waals surface area contributed by atoms with E-state index in [-0.39, 0.29) is 5.91 Å². The van der Waals surface area contributed by atoms with E-state index in [1.807, 2.05) is 59.0 Å². The Labute approximate surface area is 183 Å². The zero-order valence-electron chi connectivity index (χ0n) is 18.2. The topological polar surface area (TPSA) is 65.2 Å². The van der Waals surface area contributed by atoms with Gasteiger partial charge in [0, 0.05) is 24.7 Å². The van der Waals surface area contributed by atoms with Crippen LogP contribution in [0, 0.1) is 18.3 Å². The molecule has 6 heteroatoms. The summed E-state index contributed by atoms with van der Waals surface area (Å²) in [4.78, 5) is 17.4. The van der Waals surface area contributed by atoms with E-state index in [1.165, 1.54) is 0 Å². The van der Waals surface area contributed by atoms with Crippen LogP contribution in [-0.2, 0) is 0 Å². The molecular formula is C25H27N5O. The lowest BCUT2D eigenvalue weighted by atomic mass is 10.0. The predicted molar refractivity (Wildman–Crippen MR) is 121 cm³/mol. The van der Waals surface area contributed by atoms with Gasteiger partial charge in [-0.3, -0.25) is 4.79 Å². The van der Waals surface area contributed by atoms with Crippen molar-refractivity contribution in [3.05, 3.63) is 71.4 Å². The third kappa shape index (κ3) is 4.37. The van der Waals surface area contributed by atoms with E-state index in [9.17, 15) is 4.79 Å². The molecule has 1 fully saturated rings. The zero-order chi connectivity index (χ0) is 22.0. The second kappa shape index (κ2) is 8.75. The number of nitrogens with zero attached hydrogens (tertiary/aromatic N) is 5. The number of carbonyl (C=O) groups is 1. The quantitative estimate of drug-likeness (QED) is 0.651. The Morgan fingerprint density at radius 3 is 2.48 bits per heavy atom. The van der Waals surface area contributed by atoms with Gasteiger partial charge in [0.25, 0.3) is 5.91 Å². The van der Waals surface area contributed by atoms with Gasteiger partial charge in [0.2, 0.25) is 0 Å². The summed E-state index contributed by atoms with van der Waals surface area (Å²) in [6, 6.07) is 19.8. The van der Waals surface area contributed by atoms with E-state index in [4.69, 9.17) is 10.4 Å². The number of hydrogen-bond donors (Lipinski definition) is 0. The van der Waals surface area contributed by atoms with E-state index < -0.39 is 0 Å². The number of carbonyl (C=O) groups excluding carboxylic acids is 1. The van der Waals surface area contributed by atoms with Crippen LogP contribution in [0.25, 0.3) is 16.9 Å². The Morgan fingerprint density at radius 2 is 1.84 bits per heavy atom. The van der Waals surface area contributed by atoms with Gasteiger partial charge in [-0.25, -0.2) is 4.68 Å². The molecule has 3 aromatic rings. The molecule has 1 aliphatic heterocycles. The molecular weight excluding hydrogens is 386 g/mol. The second-order valence-corrected chi connectivity index (χ2v) is 8.36. The first-order valence-electron chi connectivity index (χ1n) is 10.6. The molecule has 0 radical (unpaired) electrons. The van der Waals surface area contributed by atoms with Gasteiger partial charge in [-0.15, -0.1) is 0 Å². The molecule has 1 unspecified atom stereocenters. The fraction of sp³-hybridized carbons (Fsp3) is 0.320. The van der Waals surface area contributed by atoms with Crippen LogP contribution >= 0.6 is 0 Å². The summed E-state index contributed by atoms with van der Waals surface area (Å²) in [5.41, 5.74) is 4.85. The number of amides is 1. The number of rotatable bonds is 4. The average Bonchev–Trinajstić information content (AvgIpc) is 3.24. The standard InChI is InChI=1S/C25H27N5O/c1-18-6-12-21(13-7-18)30-24(20-10-8-19(16-26)9-11-20)15-23(27-30)25(31)29-14-4-5-22(17-29)28(2)3/h6-13,15,22H,4-5,14,17H2,1-3H3. The van der Waals surface area contributed by atoms with Gasteiger partial charge in [-0.2, -0.15) is 10.4 Å². The lowest BCUT2D eigenvalue weighted by molar-refractivity contribution is 0.0629. The highest BCUT2D eigenvalue weighted by Crippen LogP contribution is 2.26. The summed E-state index contributed by atoms with van der Waals surface area (Å²) in [6.45, 7) is 3.52. The van der Waals surface area contributed by atoms with Gasteiger partial charge >= 0.3 is 0 Å². The van der Waals surface area contributed by atoms with Crippen LogP contribution in [0.2, 0.25) is 0 Å². The van der Waals surface area contributed by atoms with Crippen molar-refractivity contribution in [1.82, 2.24) is 19.6 Å². The molecule has 1 aliphatic rings. The summed E-state index contributed by atoms with van der Waals surface area (Å²) >= 11 is 0. The normalized spacial score (nSPS) is 16.4. The lowest BCUT2D eigenvalue weighted by Crippen LogP contribution is -2.47. The fourth-order valence-electron chi connectivity index (χ4n) is 4.01. The van der Waals surface area contributed by atoms with Crippen molar-refractivity contribution in [2.45, 2.75) is 25.8 Å². The van der Waals surface area contributed by atoms with Crippen molar-refractivity contribution in [2.24, 2.45) is 0 Å². The third-order valence-electron chi connectivity index (χ3n) is 5.93. The lowest BCUT2D eigenvalue weighted by Gasteiger charge is -2.35. The Balaban J connectivity index is 1.73. The van der Waals surface area contributed by atoms with Crippen molar-refractivity contribution in [3.8, 4) is 23.0 Å². The number of benzene rings is 2. The van der Waals surface area contributed by atoms with Crippen molar-refractivity contribution in [2.75, 3.05) is 27.2 Å². The minimum Gasteiger partial charge on any atom is -0.336 e. The van der Waals surface area contributed by atoms with Crippen LogP contribution in [0.15, 0.2) is 54.6 Å². The first-order valence-corrected chi connectivity index (χ1v) is 10.6. The van der Waals surface area contributed by atoms with Crippen molar-refractivity contribution < 1.29 is 4.79 Å². The van der Waals surface area contributed by atoms with Crippen molar-refractivity contribution in [1.29, 1.82) is 5.26 Å². The molecule has 1 saturated heterocycles. The number of aryl methyl sites for hydroxylation is 1. The second-order valence-electron chi connectivity index (χ2n) is 8.36. The number of piperidine rings is 1. The number of hydrogen-bond acceptors (Lipinski definition) is 4. The highest BCUT2D eigenvalue weighted by atomic mass is 16.2. The molecule has 0 spiro atoms. The van der Waals surface area contributed by atoms with E-state index in [0.717, 1.165) is 48.4 Å². The van der Waals surface area contributed by atoms with Crippen LogP contribution in [0.3, 0.4) is 0 Å². The minimum atomic E-state index is -0.0349. The van der Waals surface area contributed by atoms with Crippen LogP contribution in [-0.4, -0.2) is 58.7 Å². The third-order valence-corrected chi connectivity index (χ3v) is 5.93. The van der Waals surface area contributed by atoms with Crippen LogP contribution < -0.4 is 0 Å². The van der Waals surface area contributed by atoms with Crippen molar-refractivity contribution >= 4 is 5.91 Å². The summed E-state index contributed by atoms with van der Waals surface area (Å²) in [5.74, 6) is -0.0349. The Morgan fingerprint density at radius 1 is 1.13 bits per heavy atom. The molecule has 1 atom stereocenters. The maximum atomic E-state index is 13.3. The monoisotopic (exact) mass is 413 g/mol. The summed E-state index contributed by atoms with van der Waals surface area (Å²) in [5, 5.41) is 13.8. The molecule has 2 aromatic carbocycles. The first-order chi connectivity index (χ1) is 15.0. The van der Waals surface area contributed by atoms with Gasteiger partial charge in [-0.05, 0) is 64.2 Å². The molecule has 6 nitrogen and oxygen atoms in total. The molecule has 0 N–H and O–H groups in total. The molecule has 31 heavy (non-hydrogen) atoms. The van der Waals surface area contributed by atoms with Crippen LogP contribution in [0.1, 0.15) is 34.5 Å². The Hall–Kier alpha value is -3.43. The number of aromatic nitrogens is 2. The molecule has 0 aliphatic carbocycles. The van der Waals surface area contributed by atoms with Gasteiger partial charge in [0.15, 0.2) is 5.69 Å². The maximum absolute atomic E-state index is 13.3. The summed E-state index contributed by atoms with van der Waals surface area (Å²) in [6.07, 6.45) is 2.10. The predicted octanol–water partition coefficient (Wildman–Crippen LogP) is 3.89. The van der Waals surface area contributed by atoms with Gasteiger partial charge in [0.1, 0.15) is 0 Å². The number of likely N-dealkylation sites (tertiary alicyclic amines) is 1. The SMILES string of the molecule is Cc1ccc(-n2nc(C(=O)N3CCCC(N(C)C)C3)cc2-c2ccc(C#N)cc2)cc1. The molecule has 158 valence electrons.